The second-order valence-electron chi connectivity index (χ2n) is 3.62. The number of hydrogen-bond acceptors (Lipinski definition) is 1. The second kappa shape index (κ2) is 5.16. The van der Waals surface area contributed by atoms with E-state index < -0.39 is 0 Å². The minimum Gasteiger partial charge on any atom is -0.145 e. The van der Waals surface area contributed by atoms with Crippen LogP contribution < -0.4 is 0 Å². The Labute approximate surface area is 93.5 Å². The van der Waals surface area contributed by atoms with Crippen molar-refractivity contribution < 1.29 is 0 Å². The fraction of sp³-hybridized carbons (Fsp3) is 0.636. The Hall–Kier alpha value is 0.180. The van der Waals surface area contributed by atoms with Crippen LogP contribution in [0.1, 0.15) is 41.3 Å². The van der Waals surface area contributed by atoms with E-state index >= 15 is 0 Å². The molecule has 1 rings (SSSR count). The molecule has 13 heavy (non-hydrogen) atoms. The topological polar surface area (TPSA) is 0 Å². The predicted molar refractivity (Wildman–Crippen MR) is 64.8 cm³/mol. The minimum atomic E-state index is 0.547. The van der Waals surface area contributed by atoms with E-state index in [1.807, 2.05) is 11.3 Å². The molecule has 0 aliphatic carbocycles. The van der Waals surface area contributed by atoms with Gasteiger partial charge in [0, 0.05) is 9.75 Å². The second-order valence-corrected chi connectivity index (χ2v) is 5.92. The van der Waals surface area contributed by atoms with Gasteiger partial charge in [-0.2, -0.15) is 0 Å². The zero-order valence-corrected chi connectivity index (χ0v) is 10.9. The van der Waals surface area contributed by atoms with Crippen LogP contribution in [0.4, 0.5) is 0 Å². The average Bonchev–Trinajstić information content (AvgIpc) is 2.51. The van der Waals surface area contributed by atoms with E-state index in [0.29, 0.717) is 4.83 Å². The first-order valence-corrected chi connectivity index (χ1v) is 6.58. The lowest BCUT2D eigenvalue weighted by atomic mass is 10.0. The molecular formula is C11H17BrS. The van der Waals surface area contributed by atoms with Crippen LogP contribution in [0.3, 0.4) is 0 Å². The molecule has 2 heteroatoms. The lowest BCUT2D eigenvalue weighted by Crippen LogP contribution is -2.00. The standard InChI is InChI=1S/C11H17BrS/c1-4-5-8(2)11(12)10-7-6-9(3)13-10/h6-8,11H,4-5H2,1-3H3. The van der Waals surface area contributed by atoms with Crippen LogP contribution in [0.15, 0.2) is 12.1 Å². The molecule has 1 aromatic rings. The Bertz CT molecular complexity index is 254. The monoisotopic (exact) mass is 260 g/mol. The van der Waals surface area contributed by atoms with Gasteiger partial charge in [-0.25, -0.2) is 0 Å². The zero-order valence-electron chi connectivity index (χ0n) is 8.51. The number of thiophene rings is 1. The molecule has 0 amide bonds. The van der Waals surface area contributed by atoms with Gasteiger partial charge in [-0.15, -0.1) is 11.3 Å². The van der Waals surface area contributed by atoms with Crippen molar-refractivity contribution in [3.05, 3.63) is 21.9 Å². The Morgan fingerprint density at radius 1 is 1.46 bits per heavy atom. The van der Waals surface area contributed by atoms with E-state index in [9.17, 15) is 0 Å². The van der Waals surface area contributed by atoms with Crippen molar-refractivity contribution in [3.8, 4) is 0 Å². The SMILES string of the molecule is CCCC(C)C(Br)c1ccc(C)s1. The summed E-state index contributed by atoms with van der Waals surface area (Å²) in [7, 11) is 0. The Morgan fingerprint density at radius 3 is 2.62 bits per heavy atom. The fourth-order valence-electron chi connectivity index (χ4n) is 1.48. The van der Waals surface area contributed by atoms with Crippen molar-refractivity contribution in [2.45, 2.75) is 38.4 Å². The van der Waals surface area contributed by atoms with Crippen LogP contribution in [-0.4, -0.2) is 0 Å². The predicted octanol–water partition coefficient (Wildman–Crippen LogP) is 4.93. The summed E-state index contributed by atoms with van der Waals surface area (Å²) in [4.78, 5) is 3.42. The van der Waals surface area contributed by atoms with E-state index in [0.717, 1.165) is 5.92 Å². The number of alkyl halides is 1. The van der Waals surface area contributed by atoms with Crippen molar-refractivity contribution in [2.24, 2.45) is 5.92 Å². The van der Waals surface area contributed by atoms with Crippen molar-refractivity contribution in [1.29, 1.82) is 0 Å². The van der Waals surface area contributed by atoms with E-state index in [4.69, 9.17) is 0 Å². The lowest BCUT2D eigenvalue weighted by Gasteiger charge is -2.15. The van der Waals surface area contributed by atoms with Crippen LogP contribution in [-0.2, 0) is 0 Å². The van der Waals surface area contributed by atoms with Crippen molar-refractivity contribution in [1.82, 2.24) is 0 Å². The number of rotatable bonds is 4. The Balaban J connectivity index is 2.61. The molecule has 2 atom stereocenters. The van der Waals surface area contributed by atoms with Gasteiger partial charge in [-0.3, -0.25) is 0 Å². The molecule has 0 saturated carbocycles. The highest BCUT2D eigenvalue weighted by Crippen LogP contribution is 2.37. The van der Waals surface area contributed by atoms with Crippen molar-refractivity contribution >= 4 is 27.3 Å². The van der Waals surface area contributed by atoms with Crippen molar-refractivity contribution in [3.63, 3.8) is 0 Å². The molecule has 0 nitrogen and oxygen atoms in total. The summed E-state index contributed by atoms with van der Waals surface area (Å²) in [6, 6.07) is 4.44. The molecule has 0 aliphatic heterocycles. The molecule has 0 spiro atoms. The normalized spacial score (nSPS) is 15.7. The van der Waals surface area contributed by atoms with E-state index in [1.54, 1.807) is 0 Å². The smallest absolute Gasteiger partial charge is 0.0514 e. The third-order valence-corrected chi connectivity index (χ3v) is 5.06. The summed E-state index contributed by atoms with van der Waals surface area (Å²) in [5, 5.41) is 0. The molecule has 0 fully saturated rings. The van der Waals surface area contributed by atoms with Gasteiger partial charge in [-0.05, 0) is 31.4 Å². The third kappa shape index (κ3) is 3.10. The molecule has 2 unspecified atom stereocenters. The first kappa shape index (κ1) is 11.3. The number of aryl methyl sites for hydroxylation is 1. The van der Waals surface area contributed by atoms with Crippen molar-refractivity contribution in [2.75, 3.05) is 0 Å². The van der Waals surface area contributed by atoms with E-state index in [-0.39, 0.29) is 0 Å². The van der Waals surface area contributed by atoms with Crippen LogP contribution in [0.25, 0.3) is 0 Å². The maximum absolute atomic E-state index is 3.78. The van der Waals surface area contributed by atoms with Gasteiger partial charge in [0.2, 0.25) is 0 Å². The number of halogens is 1. The summed E-state index contributed by atoms with van der Waals surface area (Å²) in [5.41, 5.74) is 0. The summed E-state index contributed by atoms with van der Waals surface area (Å²) in [6.07, 6.45) is 2.57. The summed E-state index contributed by atoms with van der Waals surface area (Å²) < 4.78 is 0. The minimum absolute atomic E-state index is 0.547. The molecule has 0 bridgehead atoms. The summed E-state index contributed by atoms with van der Waals surface area (Å²) in [6.45, 7) is 6.73. The largest absolute Gasteiger partial charge is 0.145 e. The van der Waals surface area contributed by atoms with Gasteiger partial charge >= 0.3 is 0 Å². The summed E-state index contributed by atoms with van der Waals surface area (Å²) >= 11 is 5.68. The Morgan fingerprint density at radius 2 is 2.15 bits per heavy atom. The molecule has 0 radical (unpaired) electrons. The maximum atomic E-state index is 3.78. The fourth-order valence-corrected chi connectivity index (χ4v) is 3.17. The van der Waals surface area contributed by atoms with Gasteiger partial charge in [0.15, 0.2) is 0 Å². The summed E-state index contributed by atoms with van der Waals surface area (Å²) in [5.74, 6) is 0.739. The molecule has 0 saturated heterocycles. The first-order valence-electron chi connectivity index (χ1n) is 4.85. The van der Waals surface area contributed by atoms with Gasteiger partial charge < -0.3 is 0 Å². The highest BCUT2D eigenvalue weighted by Gasteiger charge is 2.16. The van der Waals surface area contributed by atoms with Gasteiger partial charge in [-0.1, -0.05) is 36.2 Å². The molecular weight excluding hydrogens is 244 g/mol. The molecule has 0 N–H and O–H groups in total. The average molecular weight is 261 g/mol. The molecule has 0 aromatic carbocycles. The van der Waals surface area contributed by atoms with Crippen LogP contribution in [0.2, 0.25) is 0 Å². The third-order valence-electron chi connectivity index (χ3n) is 2.28. The van der Waals surface area contributed by atoms with Crippen LogP contribution >= 0.6 is 27.3 Å². The van der Waals surface area contributed by atoms with Gasteiger partial charge in [0.05, 0.1) is 4.83 Å². The van der Waals surface area contributed by atoms with Gasteiger partial charge in [0.25, 0.3) is 0 Å². The van der Waals surface area contributed by atoms with E-state index in [1.165, 1.54) is 22.6 Å². The molecule has 0 aliphatic rings. The van der Waals surface area contributed by atoms with Crippen LogP contribution in [0, 0.1) is 12.8 Å². The Kier molecular flexibility index (Phi) is 4.47. The molecule has 74 valence electrons. The lowest BCUT2D eigenvalue weighted by molar-refractivity contribution is 0.522. The maximum Gasteiger partial charge on any atom is 0.0514 e. The first-order chi connectivity index (χ1) is 6.15. The highest BCUT2D eigenvalue weighted by atomic mass is 79.9. The van der Waals surface area contributed by atoms with Gasteiger partial charge in [0.1, 0.15) is 0 Å². The number of hydrogen-bond donors (Lipinski definition) is 0. The zero-order chi connectivity index (χ0) is 9.84. The quantitative estimate of drug-likeness (QED) is 0.674. The van der Waals surface area contributed by atoms with Crippen LogP contribution in [0.5, 0.6) is 0 Å². The molecule has 1 aromatic heterocycles. The van der Waals surface area contributed by atoms with E-state index in [2.05, 4.69) is 48.8 Å². The highest BCUT2D eigenvalue weighted by molar-refractivity contribution is 9.09. The molecule has 1 heterocycles.